The molecule has 0 saturated carbocycles. The van der Waals surface area contributed by atoms with Crippen molar-refractivity contribution in [2.24, 2.45) is 0 Å². The van der Waals surface area contributed by atoms with E-state index in [4.69, 9.17) is 9.47 Å². The van der Waals surface area contributed by atoms with Crippen LogP contribution >= 0.6 is 0 Å². The van der Waals surface area contributed by atoms with Crippen LogP contribution in [0.5, 0.6) is 11.5 Å². The minimum absolute atomic E-state index is 0.672. The molecule has 0 amide bonds. The van der Waals surface area contributed by atoms with Gasteiger partial charge in [0, 0.05) is 17.9 Å². The zero-order chi connectivity index (χ0) is 18.1. The summed E-state index contributed by atoms with van der Waals surface area (Å²) >= 11 is 0. The monoisotopic (exact) mass is 344 g/mol. The Morgan fingerprint density at radius 2 is 1.54 bits per heavy atom. The molecule has 0 saturated heterocycles. The summed E-state index contributed by atoms with van der Waals surface area (Å²) in [5.74, 6) is 1.36. The third-order valence-electron chi connectivity index (χ3n) is 4.81. The predicted octanol–water partition coefficient (Wildman–Crippen LogP) is 4.70. The van der Waals surface area contributed by atoms with Crippen LogP contribution in [0.2, 0.25) is 0 Å². The van der Waals surface area contributed by atoms with Crippen LogP contribution in [0.25, 0.3) is 21.7 Å². The Kier molecular flexibility index (Phi) is 4.17. The minimum atomic E-state index is 0.672. The van der Waals surface area contributed by atoms with Gasteiger partial charge in [0.2, 0.25) is 0 Å². The van der Waals surface area contributed by atoms with E-state index in [1.807, 2.05) is 12.1 Å². The van der Waals surface area contributed by atoms with Crippen LogP contribution in [0.4, 0.5) is 0 Å². The highest BCUT2D eigenvalue weighted by Gasteiger charge is 2.12. The van der Waals surface area contributed by atoms with Crippen LogP contribution in [0.3, 0.4) is 0 Å². The average molecular weight is 344 g/mol. The Balaban J connectivity index is 1.87. The predicted molar refractivity (Wildman–Crippen MR) is 104 cm³/mol. The standard InChI is InChI=1S/C22H20N2O2/c1-14-6-4-9-17-15(7-5-8-16(14)17)10-19-18-11-21(25-2)22(26-3)12-20(18)24-13-23-19/h4-9,11-13H,10H2,1-3H3. The molecule has 4 heteroatoms. The summed E-state index contributed by atoms with van der Waals surface area (Å²) in [6.07, 6.45) is 2.34. The second-order valence-electron chi connectivity index (χ2n) is 6.31. The van der Waals surface area contributed by atoms with Crippen LogP contribution in [0, 0.1) is 6.92 Å². The van der Waals surface area contributed by atoms with Gasteiger partial charge in [-0.15, -0.1) is 0 Å². The molecule has 0 N–H and O–H groups in total. The van der Waals surface area contributed by atoms with Gasteiger partial charge in [-0.05, 0) is 34.9 Å². The Morgan fingerprint density at radius 1 is 0.808 bits per heavy atom. The number of ether oxygens (including phenoxy) is 2. The Labute approximate surface area is 152 Å². The maximum Gasteiger partial charge on any atom is 0.162 e. The van der Waals surface area contributed by atoms with E-state index in [0.717, 1.165) is 23.0 Å². The normalized spacial score (nSPS) is 11.0. The summed E-state index contributed by atoms with van der Waals surface area (Å²) in [4.78, 5) is 8.95. The summed E-state index contributed by atoms with van der Waals surface area (Å²) in [6, 6.07) is 16.7. The van der Waals surface area contributed by atoms with Crippen molar-refractivity contribution >= 4 is 21.7 Å². The molecule has 0 fully saturated rings. The van der Waals surface area contributed by atoms with E-state index in [2.05, 4.69) is 53.3 Å². The van der Waals surface area contributed by atoms with Crippen molar-refractivity contribution in [1.82, 2.24) is 9.97 Å². The van der Waals surface area contributed by atoms with Crippen molar-refractivity contribution in [2.45, 2.75) is 13.3 Å². The third-order valence-corrected chi connectivity index (χ3v) is 4.81. The smallest absolute Gasteiger partial charge is 0.162 e. The first-order valence-electron chi connectivity index (χ1n) is 8.54. The number of hydrogen-bond acceptors (Lipinski definition) is 4. The van der Waals surface area contributed by atoms with E-state index in [1.165, 1.54) is 21.9 Å². The quantitative estimate of drug-likeness (QED) is 0.538. The van der Waals surface area contributed by atoms with E-state index in [-0.39, 0.29) is 0 Å². The number of benzene rings is 3. The molecular formula is C22H20N2O2. The maximum atomic E-state index is 5.45. The first-order chi connectivity index (χ1) is 12.7. The topological polar surface area (TPSA) is 44.2 Å². The lowest BCUT2D eigenvalue weighted by Gasteiger charge is -2.12. The zero-order valence-electron chi connectivity index (χ0n) is 15.1. The molecule has 1 aromatic heterocycles. The number of fused-ring (bicyclic) bond motifs is 2. The molecule has 0 radical (unpaired) electrons. The zero-order valence-corrected chi connectivity index (χ0v) is 15.1. The van der Waals surface area contributed by atoms with Crippen LogP contribution < -0.4 is 9.47 Å². The fourth-order valence-electron chi connectivity index (χ4n) is 3.44. The van der Waals surface area contributed by atoms with E-state index in [0.29, 0.717) is 11.5 Å². The van der Waals surface area contributed by atoms with Gasteiger partial charge in [0.15, 0.2) is 11.5 Å². The van der Waals surface area contributed by atoms with E-state index in [1.54, 1.807) is 20.5 Å². The summed E-state index contributed by atoms with van der Waals surface area (Å²) in [5.41, 5.74) is 4.36. The molecule has 0 atom stereocenters. The number of aromatic nitrogens is 2. The second-order valence-corrected chi connectivity index (χ2v) is 6.31. The van der Waals surface area contributed by atoms with Gasteiger partial charge in [0.05, 0.1) is 25.4 Å². The first kappa shape index (κ1) is 16.3. The van der Waals surface area contributed by atoms with Crippen molar-refractivity contribution in [3.05, 3.63) is 71.7 Å². The van der Waals surface area contributed by atoms with Crippen LogP contribution in [-0.4, -0.2) is 24.2 Å². The molecule has 26 heavy (non-hydrogen) atoms. The van der Waals surface area contributed by atoms with Crippen molar-refractivity contribution < 1.29 is 9.47 Å². The van der Waals surface area contributed by atoms with Crippen molar-refractivity contribution in [1.29, 1.82) is 0 Å². The summed E-state index contributed by atoms with van der Waals surface area (Å²) in [5, 5.41) is 3.53. The van der Waals surface area contributed by atoms with Gasteiger partial charge in [-0.2, -0.15) is 0 Å². The largest absolute Gasteiger partial charge is 0.493 e. The number of methoxy groups -OCH3 is 2. The molecule has 3 aromatic carbocycles. The molecule has 0 unspecified atom stereocenters. The van der Waals surface area contributed by atoms with Gasteiger partial charge < -0.3 is 9.47 Å². The molecule has 0 aliphatic heterocycles. The molecule has 0 aliphatic carbocycles. The van der Waals surface area contributed by atoms with Crippen LogP contribution in [-0.2, 0) is 6.42 Å². The maximum absolute atomic E-state index is 5.45. The molecule has 4 aromatic rings. The summed E-state index contributed by atoms with van der Waals surface area (Å²) in [6.45, 7) is 2.14. The SMILES string of the molecule is COc1cc2ncnc(Cc3cccc4c(C)cccc34)c2cc1OC. The molecule has 0 aliphatic rings. The van der Waals surface area contributed by atoms with E-state index < -0.39 is 0 Å². The van der Waals surface area contributed by atoms with Crippen molar-refractivity contribution in [3.63, 3.8) is 0 Å². The fraction of sp³-hybridized carbons (Fsp3) is 0.182. The first-order valence-corrected chi connectivity index (χ1v) is 8.54. The summed E-state index contributed by atoms with van der Waals surface area (Å²) in [7, 11) is 3.27. The Morgan fingerprint density at radius 3 is 2.35 bits per heavy atom. The Bertz CT molecular complexity index is 1110. The van der Waals surface area contributed by atoms with Gasteiger partial charge in [0.1, 0.15) is 6.33 Å². The molecule has 4 nitrogen and oxygen atoms in total. The van der Waals surface area contributed by atoms with Gasteiger partial charge in [0.25, 0.3) is 0 Å². The minimum Gasteiger partial charge on any atom is -0.493 e. The highest BCUT2D eigenvalue weighted by molar-refractivity contribution is 5.90. The van der Waals surface area contributed by atoms with Gasteiger partial charge >= 0.3 is 0 Å². The number of hydrogen-bond donors (Lipinski definition) is 0. The van der Waals surface area contributed by atoms with E-state index in [9.17, 15) is 0 Å². The number of aryl methyl sites for hydroxylation is 1. The summed E-state index contributed by atoms with van der Waals surface area (Å²) < 4.78 is 10.8. The fourth-order valence-corrected chi connectivity index (χ4v) is 3.44. The molecule has 1 heterocycles. The lowest BCUT2D eigenvalue weighted by molar-refractivity contribution is 0.355. The highest BCUT2D eigenvalue weighted by atomic mass is 16.5. The van der Waals surface area contributed by atoms with Gasteiger partial charge in [-0.25, -0.2) is 9.97 Å². The second kappa shape index (κ2) is 6.64. The third kappa shape index (κ3) is 2.73. The molecule has 130 valence electrons. The van der Waals surface area contributed by atoms with Crippen molar-refractivity contribution in [3.8, 4) is 11.5 Å². The lowest BCUT2D eigenvalue weighted by atomic mass is 9.97. The van der Waals surface area contributed by atoms with E-state index >= 15 is 0 Å². The highest BCUT2D eigenvalue weighted by Crippen LogP contribution is 2.33. The van der Waals surface area contributed by atoms with Gasteiger partial charge in [-0.3, -0.25) is 0 Å². The van der Waals surface area contributed by atoms with Crippen molar-refractivity contribution in [2.75, 3.05) is 14.2 Å². The molecule has 0 bridgehead atoms. The molecule has 4 rings (SSSR count). The Hall–Kier alpha value is -3.14. The van der Waals surface area contributed by atoms with Crippen LogP contribution in [0.15, 0.2) is 54.9 Å². The number of rotatable bonds is 4. The molecular weight excluding hydrogens is 324 g/mol. The lowest BCUT2D eigenvalue weighted by Crippen LogP contribution is -1.98. The number of nitrogens with zero attached hydrogens (tertiary/aromatic N) is 2. The van der Waals surface area contributed by atoms with Gasteiger partial charge in [-0.1, -0.05) is 36.4 Å². The van der Waals surface area contributed by atoms with Crippen LogP contribution in [0.1, 0.15) is 16.8 Å². The average Bonchev–Trinajstić information content (AvgIpc) is 2.68. The molecule has 0 spiro atoms.